The average molecular weight is 391 g/mol. The third-order valence-electron chi connectivity index (χ3n) is 4.46. The Morgan fingerprint density at radius 1 is 1.12 bits per heavy atom. The molecule has 26 heavy (non-hydrogen) atoms. The van der Waals surface area contributed by atoms with Crippen molar-refractivity contribution in [3.8, 4) is 0 Å². The van der Waals surface area contributed by atoms with E-state index in [0.717, 1.165) is 19.3 Å². The van der Waals surface area contributed by atoms with E-state index in [4.69, 9.17) is 16.3 Å². The second kappa shape index (κ2) is 8.14. The number of halogens is 1. The molecule has 0 saturated heterocycles. The molecular weight excluding hydrogens is 372 g/mol. The molecule has 1 aliphatic rings. The number of esters is 1. The summed E-state index contributed by atoms with van der Waals surface area (Å²) in [6, 6.07) is 8.96. The zero-order valence-electron chi connectivity index (χ0n) is 14.4. The fraction of sp³-hybridized carbons (Fsp3) is 0.350. The van der Waals surface area contributed by atoms with Crippen molar-refractivity contribution in [3.63, 3.8) is 0 Å². The number of ether oxygens (including phenoxy) is 1. The molecule has 3 rings (SSSR count). The molecule has 2 aromatic rings. The van der Waals surface area contributed by atoms with Gasteiger partial charge >= 0.3 is 5.97 Å². The Morgan fingerprint density at radius 3 is 2.62 bits per heavy atom. The van der Waals surface area contributed by atoms with Crippen molar-refractivity contribution in [2.45, 2.75) is 45.1 Å². The number of carbonyl (C=O) groups is 3. The third-order valence-corrected chi connectivity index (χ3v) is 5.74. The number of Topliss-reactive ketones (excluding diaryl/α,β-unsaturated/α-hetero) is 2. The Bertz CT molecular complexity index is 855. The summed E-state index contributed by atoms with van der Waals surface area (Å²) in [5.41, 5.74) is 3.06. The minimum atomic E-state index is -0.867. The van der Waals surface area contributed by atoms with E-state index in [2.05, 4.69) is 0 Å². The van der Waals surface area contributed by atoms with Crippen LogP contribution in [-0.4, -0.2) is 23.6 Å². The number of fused-ring (bicyclic) bond motifs is 1. The number of hydrogen-bond acceptors (Lipinski definition) is 5. The van der Waals surface area contributed by atoms with Crippen LogP contribution < -0.4 is 0 Å². The molecule has 0 spiro atoms. The zero-order valence-corrected chi connectivity index (χ0v) is 16.0. The van der Waals surface area contributed by atoms with E-state index in [-0.39, 0.29) is 24.4 Å². The second-order valence-corrected chi connectivity index (χ2v) is 8.08. The number of ketones is 2. The molecule has 6 heteroatoms. The highest BCUT2D eigenvalue weighted by Crippen LogP contribution is 2.24. The smallest absolute Gasteiger partial charge is 0.306 e. The summed E-state index contributed by atoms with van der Waals surface area (Å²) in [5, 5.41) is 0. The molecule has 1 aromatic heterocycles. The Balaban J connectivity index is 1.52. The first-order valence-electron chi connectivity index (χ1n) is 8.58. The molecule has 136 valence electrons. The first-order chi connectivity index (χ1) is 12.4. The Kier molecular flexibility index (Phi) is 5.89. The van der Waals surface area contributed by atoms with E-state index < -0.39 is 12.1 Å². The maximum atomic E-state index is 12.5. The lowest BCUT2D eigenvalue weighted by Crippen LogP contribution is -2.24. The van der Waals surface area contributed by atoms with Crippen molar-refractivity contribution in [3.05, 3.63) is 56.2 Å². The minimum absolute atomic E-state index is 0.0371. The first-order valence-corrected chi connectivity index (χ1v) is 9.77. The van der Waals surface area contributed by atoms with Gasteiger partial charge in [-0.15, -0.1) is 11.3 Å². The molecular formula is C20H19ClO4S. The van der Waals surface area contributed by atoms with E-state index in [1.165, 1.54) is 22.5 Å². The van der Waals surface area contributed by atoms with Crippen molar-refractivity contribution < 1.29 is 19.1 Å². The lowest BCUT2D eigenvalue weighted by molar-refractivity contribution is -0.146. The predicted octanol–water partition coefficient (Wildman–Crippen LogP) is 4.67. The fourth-order valence-electron chi connectivity index (χ4n) is 3.07. The Hall–Kier alpha value is -1.98. The molecule has 0 fully saturated rings. The van der Waals surface area contributed by atoms with Crippen LogP contribution in [0.15, 0.2) is 30.3 Å². The average Bonchev–Trinajstić information content (AvgIpc) is 3.26. The van der Waals surface area contributed by atoms with Crippen LogP contribution in [0.25, 0.3) is 0 Å². The van der Waals surface area contributed by atoms with Crippen LogP contribution >= 0.6 is 22.9 Å². The second-order valence-electron chi connectivity index (χ2n) is 6.36. The van der Waals surface area contributed by atoms with E-state index in [1.54, 1.807) is 25.1 Å². The topological polar surface area (TPSA) is 60.4 Å². The molecule has 0 N–H and O–H groups in total. The fourth-order valence-corrected chi connectivity index (χ4v) is 4.08. The summed E-state index contributed by atoms with van der Waals surface area (Å²) in [4.78, 5) is 37.0. The molecule has 4 nitrogen and oxygen atoms in total. The van der Waals surface area contributed by atoms with Crippen LogP contribution in [0.3, 0.4) is 0 Å². The van der Waals surface area contributed by atoms with Crippen molar-refractivity contribution in [1.82, 2.24) is 0 Å². The van der Waals surface area contributed by atoms with Gasteiger partial charge < -0.3 is 4.74 Å². The molecule has 1 aromatic carbocycles. The van der Waals surface area contributed by atoms with Gasteiger partial charge in [0.05, 0.1) is 15.6 Å². The molecule has 1 aliphatic carbocycles. The van der Waals surface area contributed by atoms with Gasteiger partial charge in [-0.2, -0.15) is 0 Å². The molecule has 0 unspecified atom stereocenters. The lowest BCUT2D eigenvalue weighted by Gasteiger charge is -2.13. The summed E-state index contributed by atoms with van der Waals surface area (Å²) in [6.07, 6.45) is 2.26. The lowest BCUT2D eigenvalue weighted by atomic mass is 10.0. The molecule has 0 radical (unpaired) electrons. The first kappa shape index (κ1) is 18.8. The maximum Gasteiger partial charge on any atom is 0.306 e. The molecule has 0 aliphatic heterocycles. The van der Waals surface area contributed by atoms with Gasteiger partial charge in [-0.3, -0.25) is 14.4 Å². The van der Waals surface area contributed by atoms with Gasteiger partial charge in [0.2, 0.25) is 5.78 Å². The van der Waals surface area contributed by atoms with Gasteiger partial charge in [0.1, 0.15) is 0 Å². The highest BCUT2D eigenvalue weighted by molar-refractivity contribution is 7.18. The van der Waals surface area contributed by atoms with E-state index in [0.29, 0.717) is 14.8 Å². The van der Waals surface area contributed by atoms with E-state index in [1.807, 2.05) is 12.1 Å². The van der Waals surface area contributed by atoms with E-state index >= 15 is 0 Å². The van der Waals surface area contributed by atoms with Gasteiger partial charge in [-0.05, 0) is 55.5 Å². The Morgan fingerprint density at radius 2 is 1.88 bits per heavy atom. The van der Waals surface area contributed by atoms with Crippen LogP contribution in [0, 0.1) is 0 Å². The standard InChI is InChI=1S/C20H19ClO4S/c1-12(20(24)15-6-5-13-3-2-4-14(13)11-15)25-19(23)10-7-16(22)17-8-9-18(21)26-17/h5-6,8-9,11-12H,2-4,7,10H2,1H3/t12-/m1/s1. The van der Waals surface area contributed by atoms with Crippen molar-refractivity contribution in [2.24, 2.45) is 0 Å². The third kappa shape index (κ3) is 4.40. The normalized spacial score (nSPS) is 13.9. The number of carbonyl (C=O) groups excluding carboxylic acids is 3. The molecule has 0 amide bonds. The summed E-state index contributed by atoms with van der Waals surface area (Å²) in [6.45, 7) is 1.56. The SMILES string of the molecule is C[C@@H](OC(=O)CCC(=O)c1ccc(Cl)s1)C(=O)c1ccc2c(c1)CCC2. The largest absolute Gasteiger partial charge is 0.454 e. The van der Waals surface area contributed by atoms with E-state index in [9.17, 15) is 14.4 Å². The highest BCUT2D eigenvalue weighted by Gasteiger charge is 2.22. The number of thiophene rings is 1. The number of hydrogen-bond donors (Lipinski definition) is 0. The highest BCUT2D eigenvalue weighted by atomic mass is 35.5. The van der Waals surface area contributed by atoms with Crippen molar-refractivity contribution in [2.75, 3.05) is 0 Å². The van der Waals surface area contributed by atoms with Crippen LogP contribution in [0.2, 0.25) is 4.34 Å². The summed E-state index contributed by atoms with van der Waals surface area (Å²) < 4.78 is 5.75. The van der Waals surface area contributed by atoms with Crippen molar-refractivity contribution >= 4 is 40.5 Å². The Labute approximate surface area is 161 Å². The van der Waals surface area contributed by atoms with Crippen LogP contribution in [-0.2, 0) is 22.4 Å². The van der Waals surface area contributed by atoms with Crippen LogP contribution in [0.1, 0.15) is 57.3 Å². The maximum absolute atomic E-state index is 12.5. The molecule has 1 heterocycles. The molecule has 0 saturated carbocycles. The monoisotopic (exact) mass is 390 g/mol. The zero-order chi connectivity index (χ0) is 18.7. The van der Waals surface area contributed by atoms with Gasteiger partial charge in [0.25, 0.3) is 0 Å². The molecule has 1 atom stereocenters. The summed E-state index contributed by atoms with van der Waals surface area (Å²) in [7, 11) is 0. The van der Waals surface area contributed by atoms with Crippen molar-refractivity contribution in [1.29, 1.82) is 0 Å². The van der Waals surface area contributed by atoms with Gasteiger partial charge in [0.15, 0.2) is 11.9 Å². The predicted molar refractivity (Wildman–Crippen MR) is 101 cm³/mol. The summed E-state index contributed by atoms with van der Waals surface area (Å²) in [5.74, 6) is -0.927. The van der Waals surface area contributed by atoms with Crippen LogP contribution in [0.4, 0.5) is 0 Å². The number of benzene rings is 1. The quantitative estimate of drug-likeness (QED) is 0.509. The minimum Gasteiger partial charge on any atom is -0.454 e. The number of rotatable bonds is 7. The van der Waals surface area contributed by atoms with Crippen LogP contribution in [0.5, 0.6) is 0 Å². The van der Waals surface area contributed by atoms with Gasteiger partial charge in [0, 0.05) is 12.0 Å². The van der Waals surface area contributed by atoms with Gasteiger partial charge in [-0.25, -0.2) is 0 Å². The number of aryl methyl sites for hydroxylation is 2. The molecule has 0 bridgehead atoms. The summed E-state index contributed by atoms with van der Waals surface area (Å²) >= 11 is 6.98. The van der Waals surface area contributed by atoms with Gasteiger partial charge in [-0.1, -0.05) is 23.7 Å².